The lowest BCUT2D eigenvalue weighted by atomic mass is 10.1. The van der Waals surface area contributed by atoms with Crippen LogP contribution in [0.25, 0.3) is 12.2 Å². The van der Waals surface area contributed by atoms with E-state index in [9.17, 15) is 9.59 Å². The van der Waals surface area contributed by atoms with Gasteiger partial charge in [0.25, 0.3) is 0 Å². The Morgan fingerprint density at radius 2 is 1.96 bits per heavy atom. The number of Topliss-reactive ketones (excluding diaryl/α,β-unsaturated/α-hetero) is 1. The molecule has 1 aliphatic heterocycles. The maximum absolute atomic E-state index is 12.4. The Morgan fingerprint density at radius 1 is 1.17 bits per heavy atom. The molecule has 1 N–H and O–H groups in total. The van der Waals surface area contributed by atoms with Gasteiger partial charge < -0.3 is 14.6 Å². The molecule has 0 spiro atoms. The number of carbonyl (C=O) groups excluding carboxylic acids is 1. The number of aliphatic carboxylic acids is 1. The van der Waals surface area contributed by atoms with E-state index in [-0.39, 0.29) is 11.5 Å². The fourth-order valence-electron chi connectivity index (χ4n) is 2.37. The van der Waals surface area contributed by atoms with Crippen molar-refractivity contribution in [2.45, 2.75) is 0 Å². The van der Waals surface area contributed by atoms with Gasteiger partial charge in [-0.2, -0.15) is 0 Å². The molecule has 0 amide bonds. The molecule has 0 aliphatic carbocycles. The minimum atomic E-state index is -1.02. The van der Waals surface area contributed by atoms with Gasteiger partial charge in [-0.1, -0.05) is 18.2 Å². The van der Waals surface area contributed by atoms with E-state index in [2.05, 4.69) is 0 Å². The van der Waals surface area contributed by atoms with Crippen molar-refractivity contribution in [1.29, 1.82) is 0 Å². The second-order valence-electron chi connectivity index (χ2n) is 5.14. The molecule has 2 aromatic rings. The molecule has 0 unspecified atom stereocenters. The first-order valence-corrected chi connectivity index (χ1v) is 7.20. The van der Waals surface area contributed by atoms with Crippen molar-refractivity contribution >= 4 is 23.9 Å². The molecule has 0 radical (unpaired) electrons. The second kappa shape index (κ2) is 6.42. The van der Waals surface area contributed by atoms with Crippen LogP contribution in [0.15, 0.2) is 54.3 Å². The highest BCUT2D eigenvalue weighted by atomic mass is 16.5. The molecule has 5 nitrogen and oxygen atoms in total. The van der Waals surface area contributed by atoms with Crippen molar-refractivity contribution in [3.05, 3.63) is 71.0 Å². The van der Waals surface area contributed by atoms with Crippen LogP contribution >= 0.6 is 0 Å². The first kappa shape index (κ1) is 15.6. The number of carboxylic acids is 1. The Bertz CT molecular complexity index is 877. The minimum Gasteiger partial charge on any atom is -0.497 e. The van der Waals surface area contributed by atoms with E-state index >= 15 is 0 Å². The lowest BCUT2D eigenvalue weighted by Gasteiger charge is -2.01. The van der Waals surface area contributed by atoms with Gasteiger partial charge in [-0.3, -0.25) is 4.79 Å². The molecule has 120 valence electrons. The van der Waals surface area contributed by atoms with Crippen molar-refractivity contribution < 1.29 is 24.2 Å². The quantitative estimate of drug-likeness (QED) is 0.873. The SMILES string of the molecule is COc1ccc2c(c1)C(=O)/C(=C/c1cccc(/C=C/C(=O)O)c1)O2. The number of benzene rings is 2. The molecule has 0 atom stereocenters. The first-order chi connectivity index (χ1) is 11.6. The Hall–Kier alpha value is -3.34. The smallest absolute Gasteiger partial charge is 0.328 e. The van der Waals surface area contributed by atoms with Crippen molar-refractivity contribution in [2.75, 3.05) is 7.11 Å². The number of allylic oxidation sites excluding steroid dienone is 1. The molecule has 1 heterocycles. The van der Waals surface area contributed by atoms with E-state index in [0.717, 1.165) is 17.2 Å². The molecular formula is C19H14O5. The summed E-state index contributed by atoms with van der Waals surface area (Å²) in [6.07, 6.45) is 4.18. The zero-order valence-corrected chi connectivity index (χ0v) is 12.9. The number of rotatable bonds is 4. The van der Waals surface area contributed by atoms with E-state index < -0.39 is 5.97 Å². The summed E-state index contributed by atoms with van der Waals surface area (Å²) < 4.78 is 10.7. The summed E-state index contributed by atoms with van der Waals surface area (Å²) in [5.74, 6) is 0.0761. The normalized spacial score (nSPS) is 14.7. The maximum atomic E-state index is 12.4. The predicted molar refractivity (Wildman–Crippen MR) is 89.0 cm³/mol. The molecule has 5 heteroatoms. The van der Waals surface area contributed by atoms with Crippen molar-refractivity contribution in [3.8, 4) is 11.5 Å². The number of hydrogen-bond acceptors (Lipinski definition) is 4. The maximum Gasteiger partial charge on any atom is 0.328 e. The average Bonchev–Trinajstić information content (AvgIpc) is 2.89. The number of fused-ring (bicyclic) bond motifs is 1. The predicted octanol–water partition coefficient (Wildman–Crippen LogP) is 3.41. The third kappa shape index (κ3) is 3.20. The van der Waals surface area contributed by atoms with Crippen molar-refractivity contribution in [1.82, 2.24) is 0 Å². The van der Waals surface area contributed by atoms with Crippen LogP contribution in [-0.4, -0.2) is 24.0 Å². The topological polar surface area (TPSA) is 72.8 Å². The van der Waals surface area contributed by atoms with Gasteiger partial charge in [0.05, 0.1) is 12.7 Å². The standard InChI is InChI=1S/C19H14O5/c1-23-14-6-7-16-15(11-14)19(22)17(24-16)10-13-4-2-3-12(9-13)5-8-18(20)21/h2-11H,1H3,(H,20,21)/b8-5+,17-10-. The Labute approximate surface area is 138 Å². The van der Waals surface area contributed by atoms with Crippen LogP contribution in [0.4, 0.5) is 0 Å². The molecule has 0 fully saturated rings. The van der Waals surface area contributed by atoms with Gasteiger partial charge in [0.2, 0.25) is 5.78 Å². The summed E-state index contributed by atoms with van der Waals surface area (Å²) in [4.78, 5) is 23.0. The van der Waals surface area contributed by atoms with Crippen LogP contribution in [0.1, 0.15) is 21.5 Å². The van der Waals surface area contributed by atoms with E-state index in [1.807, 2.05) is 6.07 Å². The van der Waals surface area contributed by atoms with Crippen molar-refractivity contribution in [3.63, 3.8) is 0 Å². The number of ketones is 1. The molecule has 0 saturated carbocycles. The van der Waals surface area contributed by atoms with Gasteiger partial charge in [-0.15, -0.1) is 0 Å². The van der Waals surface area contributed by atoms with E-state index in [0.29, 0.717) is 17.1 Å². The van der Waals surface area contributed by atoms with Gasteiger partial charge in [0.1, 0.15) is 11.5 Å². The highest BCUT2D eigenvalue weighted by Crippen LogP contribution is 2.34. The minimum absolute atomic E-state index is 0.213. The molecule has 24 heavy (non-hydrogen) atoms. The number of carboxylic acid groups (broad SMARTS) is 1. The van der Waals surface area contributed by atoms with Gasteiger partial charge in [0, 0.05) is 6.08 Å². The van der Waals surface area contributed by atoms with E-state index in [4.69, 9.17) is 14.6 Å². The van der Waals surface area contributed by atoms with Crippen LogP contribution in [0.3, 0.4) is 0 Å². The highest BCUT2D eigenvalue weighted by molar-refractivity contribution is 6.14. The molecule has 0 bridgehead atoms. The van der Waals surface area contributed by atoms with Crippen LogP contribution in [0, 0.1) is 0 Å². The first-order valence-electron chi connectivity index (χ1n) is 7.20. The summed E-state index contributed by atoms with van der Waals surface area (Å²) in [5, 5.41) is 8.68. The summed E-state index contributed by atoms with van der Waals surface area (Å²) in [7, 11) is 1.54. The third-order valence-corrected chi connectivity index (χ3v) is 3.50. The van der Waals surface area contributed by atoms with Crippen LogP contribution in [0.2, 0.25) is 0 Å². The largest absolute Gasteiger partial charge is 0.497 e. The van der Waals surface area contributed by atoms with E-state index in [1.165, 1.54) is 13.2 Å². The number of hydrogen-bond donors (Lipinski definition) is 1. The Morgan fingerprint density at radius 3 is 2.71 bits per heavy atom. The molecule has 2 aromatic carbocycles. The summed E-state index contributed by atoms with van der Waals surface area (Å²) in [6.45, 7) is 0. The lowest BCUT2D eigenvalue weighted by Crippen LogP contribution is -1.98. The van der Waals surface area contributed by atoms with Gasteiger partial charge >= 0.3 is 5.97 Å². The summed E-state index contributed by atoms with van der Waals surface area (Å²) in [5.41, 5.74) is 1.92. The van der Waals surface area contributed by atoms with E-state index in [1.54, 1.807) is 42.5 Å². The summed E-state index contributed by atoms with van der Waals surface area (Å²) >= 11 is 0. The average molecular weight is 322 g/mol. The number of ether oxygens (including phenoxy) is 2. The van der Waals surface area contributed by atoms with Gasteiger partial charge in [0.15, 0.2) is 5.76 Å². The zero-order chi connectivity index (χ0) is 17.1. The molecule has 0 aromatic heterocycles. The van der Waals surface area contributed by atoms with Gasteiger partial charge in [-0.25, -0.2) is 4.79 Å². The molecular weight excluding hydrogens is 308 g/mol. The highest BCUT2D eigenvalue weighted by Gasteiger charge is 2.27. The number of methoxy groups -OCH3 is 1. The fraction of sp³-hybridized carbons (Fsp3) is 0.0526. The molecule has 0 saturated heterocycles. The Kier molecular flexibility index (Phi) is 4.16. The monoisotopic (exact) mass is 322 g/mol. The third-order valence-electron chi connectivity index (χ3n) is 3.50. The fourth-order valence-corrected chi connectivity index (χ4v) is 2.37. The Balaban J connectivity index is 1.89. The molecule has 1 aliphatic rings. The second-order valence-corrected chi connectivity index (χ2v) is 5.14. The van der Waals surface area contributed by atoms with Gasteiger partial charge in [-0.05, 0) is 47.5 Å². The van der Waals surface area contributed by atoms with Crippen LogP contribution in [-0.2, 0) is 4.79 Å². The zero-order valence-electron chi connectivity index (χ0n) is 12.9. The van der Waals surface area contributed by atoms with Crippen LogP contribution in [0.5, 0.6) is 11.5 Å². The van der Waals surface area contributed by atoms with Crippen LogP contribution < -0.4 is 9.47 Å². The lowest BCUT2D eigenvalue weighted by molar-refractivity contribution is -0.131. The number of carbonyl (C=O) groups is 2. The summed E-state index contributed by atoms with van der Waals surface area (Å²) in [6, 6.07) is 12.2. The molecule has 3 rings (SSSR count). The van der Waals surface area contributed by atoms with Crippen molar-refractivity contribution in [2.24, 2.45) is 0 Å².